The lowest BCUT2D eigenvalue weighted by atomic mass is 9.87. The van der Waals surface area contributed by atoms with Crippen molar-refractivity contribution in [3.05, 3.63) is 0 Å². The minimum Gasteiger partial charge on any atom is -0.464 e. The Morgan fingerprint density at radius 3 is 2.59 bits per heavy atom. The first-order valence-electron chi connectivity index (χ1n) is 8.74. The second-order valence-corrected chi connectivity index (χ2v) is 7.91. The molecule has 3 fully saturated rings. The van der Waals surface area contributed by atoms with Crippen LogP contribution in [-0.2, 0) is 29.0 Å². The Bertz CT molecular complexity index is 696. The number of ether oxygens (including phenoxy) is 1. The molecule has 2 atom stereocenters. The summed E-state index contributed by atoms with van der Waals surface area (Å²) in [7, 11) is -3.32. The Morgan fingerprint density at radius 1 is 1.26 bits per heavy atom. The largest absolute Gasteiger partial charge is 0.464 e. The molecule has 3 saturated heterocycles. The van der Waals surface area contributed by atoms with Crippen LogP contribution in [0.4, 0.5) is 4.79 Å². The highest BCUT2D eigenvalue weighted by Gasteiger charge is 2.49. The lowest BCUT2D eigenvalue weighted by Crippen LogP contribution is -2.46. The Labute approximate surface area is 157 Å². The average molecular weight is 402 g/mol. The lowest BCUT2D eigenvalue weighted by molar-refractivity contribution is -0.151. The summed E-state index contributed by atoms with van der Waals surface area (Å²) >= 11 is 0. The topological polar surface area (TPSA) is 134 Å². The molecule has 1 N–H and O–H groups in total. The zero-order valence-electron chi connectivity index (χ0n) is 14.6. The van der Waals surface area contributed by atoms with E-state index >= 15 is 0 Å². The van der Waals surface area contributed by atoms with E-state index in [1.54, 1.807) is 0 Å². The fourth-order valence-electron chi connectivity index (χ4n) is 3.73. The zero-order chi connectivity index (χ0) is 19.6. The SMILES string of the molecule is O=C[B]N1CCC(COC(=O)[C@@H]2CC[C@@H]3CN2C(=O)N3OS(=O)(=O)O)CC1. The monoisotopic (exact) mass is 402 g/mol. The van der Waals surface area contributed by atoms with Crippen LogP contribution < -0.4 is 0 Å². The smallest absolute Gasteiger partial charge is 0.418 e. The van der Waals surface area contributed by atoms with Gasteiger partial charge >= 0.3 is 22.4 Å². The van der Waals surface area contributed by atoms with Crippen LogP contribution in [0.1, 0.15) is 25.7 Å². The van der Waals surface area contributed by atoms with Gasteiger partial charge < -0.3 is 19.2 Å². The van der Waals surface area contributed by atoms with Gasteiger partial charge in [0, 0.05) is 6.54 Å². The van der Waals surface area contributed by atoms with Crippen LogP contribution in [0, 0.1) is 5.92 Å². The molecule has 3 heterocycles. The van der Waals surface area contributed by atoms with Crippen LogP contribution in [0.15, 0.2) is 0 Å². The van der Waals surface area contributed by atoms with E-state index < -0.39 is 34.5 Å². The van der Waals surface area contributed by atoms with Gasteiger partial charge in [0.15, 0.2) is 0 Å². The second kappa shape index (κ2) is 8.13. The summed E-state index contributed by atoms with van der Waals surface area (Å²) in [5.41, 5.74) is 0. The standard InChI is InChI=1S/C14H21BN3O8S/c19-9-15-16-5-3-10(4-6-16)8-25-13(20)12-2-1-11-7-17(12)14(21)18(11)26-27(22,23)24/h9-12H,1-8H2,(H,22,23,24)/t11-,12+/m1/s1. The van der Waals surface area contributed by atoms with Gasteiger partial charge in [-0.15, -0.1) is 4.28 Å². The van der Waals surface area contributed by atoms with E-state index in [9.17, 15) is 22.8 Å². The summed E-state index contributed by atoms with van der Waals surface area (Å²) < 4.78 is 40.3. The van der Waals surface area contributed by atoms with Gasteiger partial charge in [0.1, 0.15) is 6.04 Å². The number of hydroxylamine groups is 2. The molecule has 0 aromatic rings. The first-order chi connectivity index (χ1) is 12.8. The molecule has 2 amide bonds. The minimum atomic E-state index is -4.82. The van der Waals surface area contributed by atoms with Crippen molar-refractivity contribution in [2.75, 3.05) is 26.2 Å². The molecule has 13 heteroatoms. The fraction of sp³-hybridized carbons (Fsp3) is 0.786. The predicted molar refractivity (Wildman–Crippen MR) is 91.1 cm³/mol. The van der Waals surface area contributed by atoms with Gasteiger partial charge in [0.05, 0.1) is 18.8 Å². The number of esters is 1. The third-order valence-corrected chi connectivity index (χ3v) is 5.50. The summed E-state index contributed by atoms with van der Waals surface area (Å²) in [5, 5.41) is 0.599. The van der Waals surface area contributed by atoms with Gasteiger partial charge in [0.25, 0.3) is 7.41 Å². The van der Waals surface area contributed by atoms with Crippen LogP contribution >= 0.6 is 0 Å². The Hall–Kier alpha value is -1.70. The van der Waals surface area contributed by atoms with Crippen molar-refractivity contribution in [3.63, 3.8) is 0 Å². The molecule has 0 saturated carbocycles. The molecular weight excluding hydrogens is 381 g/mol. The molecule has 0 aromatic carbocycles. The van der Waals surface area contributed by atoms with Gasteiger partial charge in [-0.05, 0) is 44.7 Å². The fourth-order valence-corrected chi connectivity index (χ4v) is 4.12. The lowest BCUT2D eigenvalue weighted by Gasteiger charge is -2.32. The first kappa shape index (κ1) is 20.0. The minimum absolute atomic E-state index is 0.133. The van der Waals surface area contributed by atoms with Gasteiger partial charge in [-0.1, -0.05) is 0 Å². The highest BCUT2D eigenvalue weighted by atomic mass is 32.3. The molecule has 11 nitrogen and oxygen atoms in total. The quantitative estimate of drug-likeness (QED) is 0.248. The highest BCUT2D eigenvalue weighted by molar-refractivity contribution is 7.80. The normalized spacial score (nSPS) is 26.9. The molecule has 0 spiro atoms. The molecule has 1 radical (unpaired) electrons. The van der Waals surface area contributed by atoms with E-state index in [1.807, 2.05) is 4.81 Å². The predicted octanol–water partition coefficient (Wildman–Crippen LogP) is -0.946. The third kappa shape index (κ3) is 4.78. The third-order valence-electron chi connectivity index (χ3n) is 5.15. The molecule has 2 bridgehead atoms. The van der Waals surface area contributed by atoms with Crippen LogP contribution in [0.5, 0.6) is 0 Å². The van der Waals surface area contributed by atoms with Crippen LogP contribution in [0.25, 0.3) is 0 Å². The number of urea groups is 1. The number of hydrogen-bond acceptors (Lipinski definition) is 8. The Kier molecular flexibility index (Phi) is 6.03. The average Bonchev–Trinajstić information content (AvgIpc) is 2.85. The molecule has 0 aliphatic carbocycles. The van der Waals surface area contributed by atoms with E-state index in [0.29, 0.717) is 17.9 Å². The van der Waals surface area contributed by atoms with Crippen molar-refractivity contribution < 1.29 is 36.4 Å². The molecule has 149 valence electrons. The van der Waals surface area contributed by atoms with E-state index in [2.05, 4.69) is 4.28 Å². The summed E-state index contributed by atoms with van der Waals surface area (Å²) in [6, 6.07) is -2.12. The Morgan fingerprint density at radius 2 is 1.96 bits per heavy atom. The van der Waals surface area contributed by atoms with Crippen LogP contribution in [-0.4, -0.2) is 91.7 Å². The van der Waals surface area contributed by atoms with E-state index in [4.69, 9.17) is 9.29 Å². The zero-order valence-corrected chi connectivity index (χ0v) is 15.4. The summed E-state index contributed by atoms with van der Waals surface area (Å²) in [5.74, 6) is -0.340. The molecule has 0 aromatic heterocycles. The number of nitrogens with zero attached hydrogens (tertiary/aromatic N) is 3. The van der Waals surface area contributed by atoms with Gasteiger partial charge in [-0.2, -0.15) is 13.5 Å². The number of carbonyl (C=O) groups excluding carboxylic acids is 3. The second-order valence-electron chi connectivity index (χ2n) is 6.90. The molecule has 27 heavy (non-hydrogen) atoms. The maximum Gasteiger partial charge on any atom is 0.418 e. The maximum atomic E-state index is 12.4. The van der Waals surface area contributed by atoms with Crippen molar-refractivity contribution in [2.24, 2.45) is 5.92 Å². The molecule has 0 unspecified atom stereocenters. The van der Waals surface area contributed by atoms with Crippen molar-refractivity contribution >= 4 is 36.0 Å². The summed E-state index contributed by atoms with van der Waals surface area (Å²) in [6.45, 7) is 1.81. The van der Waals surface area contributed by atoms with Gasteiger partial charge in [-0.25, -0.2) is 9.59 Å². The molecule has 3 rings (SSSR count). The first-order valence-corrected chi connectivity index (χ1v) is 10.1. The molecular formula is C14H21BN3O8S. The van der Waals surface area contributed by atoms with Crippen LogP contribution in [0.3, 0.4) is 0 Å². The number of hydrogen-bond donors (Lipinski definition) is 1. The number of rotatable bonds is 7. The molecule has 3 aliphatic rings. The number of carbonyl (C=O) groups is 3. The van der Waals surface area contributed by atoms with E-state index in [0.717, 1.165) is 32.1 Å². The van der Waals surface area contributed by atoms with Crippen LogP contribution in [0.2, 0.25) is 0 Å². The van der Waals surface area contributed by atoms with E-state index in [-0.39, 0.29) is 19.1 Å². The Balaban J connectivity index is 1.50. The van der Waals surface area contributed by atoms with Crippen molar-refractivity contribution in [1.29, 1.82) is 0 Å². The van der Waals surface area contributed by atoms with Crippen molar-refractivity contribution in [3.8, 4) is 0 Å². The van der Waals surface area contributed by atoms with Crippen molar-refractivity contribution in [2.45, 2.75) is 37.8 Å². The molecule has 3 aliphatic heterocycles. The maximum absolute atomic E-state index is 12.4. The van der Waals surface area contributed by atoms with Gasteiger partial charge in [-0.3, -0.25) is 4.55 Å². The van der Waals surface area contributed by atoms with Gasteiger partial charge in [0.2, 0.25) is 0 Å². The number of amides is 2. The van der Waals surface area contributed by atoms with Crippen molar-refractivity contribution in [1.82, 2.24) is 14.8 Å². The number of fused-ring (bicyclic) bond motifs is 2. The number of piperidine rings is 2. The highest BCUT2D eigenvalue weighted by Crippen LogP contribution is 2.31. The summed E-state index contributed by atoms with van der Waals surface area (Å²) in [6.07, 6.45) is 3.02. The van der Waals surface area contributed by atoms with E-state index in [1.165, 1.54) is 12.3 Å². The summed E-state index contributed by atoms with van der Waals surface area (Å²) in [4.78, 5) is 38.3.